The Labute approximate surface area is 117 Å². The molecule has 0 bridgehead atoms. The van der Waals surface area contributed by atoms with Crippen molar-refractivity contribution in [1.82, 2.24) is 9.78 Å². The molecule has 0 fully saturated rings. The standard InChI is InChI=1S/C14H19N5O/c1-9(2)19-13(6-7-16-19)17-14(20)11-8-10(3)4-5-12(11)18-15/h4-9,18H,15H2,1-3H3,(H,17,20). The van der Waals surface area contributed by atoms with Crippen LogP contribution in [0.3, 0.4) is 0 Å². The monoisotopic (exact) mass is 273 g/mol. The zero-order valence-electron chi connectivity index (χ0n) is 11.8. The lowest BCUT2D eigenvalue weighted by Gasteiger charge is -2.13. The first-order valence-corrected chi connectivity index (χ1v) is 6.45. The summed E-state index contributed by atoms with van der Waals surface area (Å²) in [6.45, 7) is 5.93. The first-order chi connectivity index (χ1) is 9.52. The summed E-state index contributed by atoms with van der Waals surface area (Å²) in [5.41, 5.74) is 4.62. The van der Waals surface area contributed by atoms with Gasteiger partial charge in [-0.1, -0.05) is 11.6 Å². The van der Waals surface area contributed by atoms with Crippen molar-refractivity contribution in [2.45, 2.75) is 26.8 Å². The fourth-order valence-corrected chi connectivity index (χ4v) is 1.98. The van der Waals surface area contributed by atoms with E-state index in [-0.39, 0.29) is 11.9 Å². The Bertz CT molecular complexity index is 618. The highest BCUT2D eigenvalue weighted by Crippen LogP contribution is 2.19. The number of anilines is 2. The maximum absolute atomic E-state index is 12.4. The number of nitrogens with zero attached hydrogens (tertiary/aromatic N) is 2. The molecule has 20 heavy (non-hydrogen) atoms. The van der Waals surface area contributed by atoms with E-state index >= 15 is 0 Å². The molecule has 0 saturated heterocycles. The molecule has 6 heteroatoms. The van der Waals surface area contributed by atoms with Crippen LogP contribution in [0.4, 0.5) is 11.5 Å². The molecule has 2 rings (SSSR count). The van der Waals surface area contributed by atoms with Crippen molar-refractivity contribution < 1.29 is 4.79 Å². The maximum Gasteiger partial charge on any atom is 0.258 e. The topological polar surface area (TPSA) is 85.0 Å². The number of rotatable bonds is 4. The Morgan fingerprint density at radius 1 is 1.35 bits per heavy atom. The number of hydrogen-bond donors (Lipinski definition) is 3. The van der Waals surface area contributed by atoms with Crippen molar-refractivity contribution in [3.05, 3.63) is 41.6 Å². The summed E-state index contributed by atoms with van der Waals surface area (Å²) in [7, 11) is 0. The van der Waals surface area contributed by atoms with Gasteiger partial charge in [-0.2, -0.15) is 5.10 Å². The Balaban J connectivity index is 2.28. The van der Waals surface area contributed by atoms with Crippen molar-refractivity contribution in [3.8, 4) is 0 Å². The first kappa shape index (κ1) is 14.1. The summed E-state index contributed by atoms with van der Waals surface area (Å²) in [5.74, 6) is 5.89. The van der Waals surface area contributed by atoms with E-state index in [4.69, 9.17) is 5.84 Å². The highest BCUT2D eigenvalue weighted by Gasteiger charge is 2.14. The van der Waals surface area contributed by atoms with Crippen LogP contribution in [0.25, 0.3) is 0 Å². The summed E-state index contributed by atoms with van der Waals surface area (Å²) in [6.07, 6.45) is 1.66. The Kier molecular flexibility index (Phi) is 4.05. The minimum Gasteiger partial charge on any atom is -0.323 e. The molecule has 1 heterocycles. The van der Waals surface area contributed by atoms with Crippen LogP contribution in [-0.2, 0) is 0 Å². The molecule has 6 nitrogen and oxygen atoms in total. The van der Waals surface area contributed by atoms with Crippen LogP contribution in [0.1, 0.15) is 35.8 Å². The van der Waals surface area contributed by atoms with Crippen LogP contribution in [0, 0.1) is 6.92 Å². The highest BCUT2D eigenvalue weighted by atomic mass is 16.1. The number of aryl methyl sites for hydroxylation is 1. The van der Waals surface area contributed by atoms with E-state index in [1.807, 2.05) is 26.8 Å². The van der Waals surface area contributed by atoms with Crippen molar-refractivity contribution in [3.63, 3.8) is 0 Å². The molecule has 0 radical (unpaired) electrons. The summed E-state index contributed by atoms with van der Waals surface area (Å²) in [6, 6.07) is 7.41. The Morgan fingerprint density at radius 2 is 2.10 bits per heavy atom. The van der Waals surface area contributed by atoms with Crippen LogP contribution in [0.15, 0.2) is 30.5 Å². The molecule has 0 aliphatic rings. The van der Waals surface area contributed by atoms with E-state index in [1.54, 1.807) is 29.1 Å². The van der Waals surface area contributed by atoms with E-state index in [0.29, 0.717) is 17.1 Å². The molecule has 2 aromatic rings. The third-order valence-electron chi connectivity index (χ3n) is 2.98. The number of hydrazine groups is 1. The van der Waals surface area contributed by atoms with Gasteiger partial charge in [-0.15, -0.1) is 0 Å². The van der Waals surface area contributed by atoms with Crippen molar-refractivity contribution in [2.24, 2.45) is 5.84 Å². The molecule has 0 saturated carbocycles. The largest absolute Gasteiger partial charge is 0.323 e. The lowest BCUT2D eigenvalue weighted by atomic mass is 10.1. The van der Waals surface area contributed by atoms with Crippen LogP contribution >= 0.6 is 0 Å². The van der Waals surface area contributed by atoms with Gasteiger partial charge >= 0.3 is 0 Å². The van der Waals surface area contributed by atoms with E-state index in [0.717, 1.165) is 5.56 Å². The van der Waals surface area contributed by atoms with Gasteiger partial charge in [0.25, 0.3) is 5.91 Å². The van der Waals surface area contributed by atoms with Crippen LogP contribution in [0.2, 0.25) is 0 Å². The number of hydrogen-bond acceptors (Lipinski definition) is 4. The molecule has 4 N–H and O–H groups in total. The third kappa shape index (κ3) is 2.80. The number of carbonyl (C=O) groups is 1. The molecule has 0 aliphatic carbocycles. The second-order valence-corrected chi connectivity index (χ2v) is 4.90. The van der Waals surface area contributed by atoms with Crippen LogP contribution < -0.4 is 16.6 Å². The Morgan fingerprint density at radius 3 is 2.75 bits per heavy atom. The van der Waals surface area contributed by atoms with Crippen molar-refractivity contribution in [1.29, 1.82) is 0 Å². The second-order valence-electron chi connectivity index (χ2n) is 4.90. The van der Waals surface area contributed by atoms with E-state index in [9.17, 15) is 4.79 Å². The number of amides is 1. The van der Waals surface area contributed by atoms with Gasteiger partial charge in [0, 0.05) is 12.1 Å². The molecule has 0 unspecified atom stereocenters. The summed E-state index contributed by atoms with van der Waals surface area (Å²) in [4.78, 5) is 12.4. The molecular weight excluding hydrogens is 254 g/mol. The average Bonchev–Trinajstić information content (AvgIpc) is 2.87. The van der Waals surface area contributed by atoms with Gasteiger partial charge in [-0.25, -0.2) is 4.68 Å². The predicted molar refractivity (Wildman–Crippen MR) is 79.6 cm³/mol. The number of carbonyl (C=O) groups excluding carboxylic acids is 1. The Hall–Kier alpha value is -2.34. The minimum absolute atomic E-state index is 0.171. The molecule has 1 amide bonds. The maximum atomic E-state index is 12.4. The number of aromatic nitrogens is 2. The van der Waals surface area contributed by atoms with Crippen molar-refractivity contribution in [2.75, 3.05) is 10.7 Å². The smallest absolute Gasteiger partial charge is 0.258 e. The van der Waals surface area contributed by atoms with E-state index in [1.165, 1.54) is 0 Å². The SMILES string of the molecule is Cc1ccc(NN)c(C(=O)Nc2ccnn2C(C)C)c1. The number of nitrogens with one attached hydrogen (secondary N) is 2. The number of nitrogen functional groups attached to an aromatic ring is 1. The quantitative estimate of drug-likeness (QED) is 0.589. The lowest BCUT2D eigenvalue weighted by molar-refractivity contribution is 0.102. The van der Waals surface area contributed by atoms with E-state index < -0.39 is 0 Å². The molecule has 0 aliphatic heterocycles. The van der Waals surface area contributed by atoms with Gasteiger partial charge in [0.15, 0.2) is 0 Å². The molecule has 1 aromatic carbocycles. The molecule has 0 spiro atoms. The number of benzene rings is 1. The fourth-order valence-electron chi connectivity index (χ4n) is 1.98. The highest BCUT2D eigenvalue weighted by molar-refractivity contribution is 6.07. The van der Waals surface area contributed by atoms with Crippen molar-refractivity contribution >= 4 is 17.4 Å². The molecule has 0 atom stereocenters. The number of nitrogens with two attached hydrogens (primary N) is 1. The molecule has 106 valence electrons. The summed E-state index contributed by atoms with van der Waals surface area (Å²) >= 11 is 0. The van der Waals surface area contributed by atoms with Gasteiger partial charge in [0.2, 0.25) is 0 Å². The van der Waals surface area contributed by atoms with Crippen LogP contribution in [0.5, 0.6) is 0 Å². The fraction of sp³-hybridized carbons (Fsp3) is 0.286. The van der Waals surface area contributed by atoms with Gasteiger partial charge in [-0.05, 0) is 32.9 Å². The summed E-state index contributed by atoms with van der Waals surface area (Å²) < 4.78 is 1.75. The van der Waals surface area contributed by atoms with E-state index in [2.05, 4.69) is 15.8 Å². The van der Waals surface area contributed by atoms with Gasteiger partial charge in [-0.3, -0.25) is 10.6 Å². The lowest BCUT2D eigenvalue weighted by Crippen LogP contribution is -2.19. The van der Waals surface area contributed by atoms with Gasteiger partial charge in [0.1, 0.15) is 5.82 Å². The summed E-state index contributed by atoms with van der Waals surface area (Å²) in [5, 5.41) is 7.04. The average molecular weight is 273 g/mol. The molecule has 1 aromatic heterocycles. The minimum atomic E-state index is -0.218. The first-order valence-electron chi connectivity index (χ1n) is 6.45. The zero-order valence-corrected chi connectivity index (χ0v) is 11.8. The van der Waals surface area contributed by atoms with Gasteiger partial charge in [0.05, 0.1) is 17.4 Å². The normalized spacial score (nSPS) is 10.7. The third-order valence-corrected chi connectivity index (χ3v) is 2.98. The molecular formula is C14H19N5O. The predicted octanol–water partition coefficient (Wildman–Crippen LogP) is 2.31. The zero-order chi connectivity index (χ0) is 14.7. The second kappa shape index (κ2) is 5.75. The van der Waals surface area contributed by atoms with Gasteiger partial charge < -0.3 is 10.7 Å². The van der Waals surface area contributed by atoms with Crippen LogP contribution in [-0.4, -0.2) is 15.7 Å².